The Hall–Kier alpha value is -1.56. The maximum atomic E-state index is 10.6. The van der Waals surface area contributed by atoms with Crippen molar-refractivity contribution in [1.29, 1.82) is 0 Å². The van der Waals surface area contributed by atoms with Crippen LogP contribution in [0.5, 0.6) is 5.75 Å². The van der Waals surface area contributed by atoms with Gasteiger partial charge in [0, 0.05) is 17.7 Å². The third-order valence-electron chi connectivity index (χ3n) is 6.10. The predicted molar refractivity (Wildman–Crippen MR) is 124 cm³/mol. The van der Waals surface area contributed by atoms with E-state index < -0.39 is 18.2 Å². The monoisotopic (exact) mass is 452 g/mol. The second-order valence-corrected chi connectivity index (χ2v) is 9.09. The predicted octanol–water partition coefficient (Wildman–Crippen LogP) is 5.48. The molecular formula is C25H37ClO5. The molecule has 0 aliphatic heterocycles. The smallest absolute Gasteiger partial charge is 0.303 e. The van der Waals surface area contributed by atoms with Crippen LogP contribution < -0.4 is 4.74 Å². The Morgan fingerprint density at radius 3 is 2.61 bits per heavy atom. The lowest BCUT2D eigenvalue weighted by atomic mass is 9.92. The summed E-state index contributed by atoms with van der Waals surface area (Å²) >= 11 is 6.48. The van der Waals surface area contributed by atoms with E-state index in [-0.39, 0.29) is 23.6 Å². The van der Waals surface area contributed by atoms with Crippen molar-refractivity contribution in [3.8, 4) is 5.75 Å². The van der Waals surface area contributed by atoms with Crippen molar-refractivity contribution in [3.05, 3.63) is 42.0 Å². The zero-order valence-electron chi connectivity index (χ0n) is 18.5. The van der Waals surface area contributed by atoms with E-state index in [1.807, 2.05) is 36.4 Å². The van der Waals surface area contributed by atoms with Gasteiger partial charge in [0.05, 0.1) is 18.8 Å². The first-order chi connectivity index (χ1) is 14.9. The zero-order valence-corrected chi connectivity index (χ0v) is 19.2. The summed E-state index contributed by atoms with van der Waals surface area (Å²) < 4.78 is 5.95. The molecule has 0 amide bonds. The van der Waals surface area contributed by atoms with Crippen LogP contribution in [0.25, 0.3) is 0 Å². The molecule has 0 aromatic heterocycles. The fraction of sp³-hybridized carbons (Fsp3) is 0.640. The molecule has 3 N–H and O–H groups in total. The summed E-state index contributed by atoms with van der Waals surface area (Å²) in [6.07, 6.45) is 9.98. The number of hydrogen-bond acceptors (Lipinski definition) is 4. The van der Waals surface area contributed by atoms with Gasteiger partial charge in [-0.2, -0.15) is 0 Å². The highest BCUT2D eigenvalue weighted by molar-refractivity contribution is 6.21. The van der Waals surface area contributed by atoms with Gasteiger partial charge in [-0.3, -0.25) is 4.79 Å². The van der Waals surface area contributed by atoms with E-state index in [1.54, 1.807) is 0 Å². The van der Waals surface area contributed by atoms with Crippen LogP contribution >= 0.6 is 11.6 Å². The molecule has 31 heavy (non-hydrogen) atoms. The van der Waals surface area contributed by atoms with Gasteiger partial charge in [0.25, 0.3) is 0 Å². The molecule has 1 aliphatic rings. The molecule has 1 fully saturated rings. The number of carboxylic acid groups (broad SMARTS) is 1. The van der Waals surface area contributed by atoms with Crippen molar-refractivity contribution in [2.45, 2.75) is 82.3 Å². The molecule has 1 unspecified atom stereocenters. The van der Waals surface area contributed by atoms with Crippen molar-refractivity contribution >= 4 is 17.6 Å². The van der Waals surface area contributed by atoms with Gasteiger partial charge >= 0.3 is 5.97 Å². The van der Waals surface area contributed by atoms with Crippen LogP contribution in [0.15, 0.2) is 36.4 Å². The molecule has 5 atom stereocenters. The van der Waals surface area contributed by atoms with Crippen LogP contribution in [0.1, 0.15) is 76.4 Å². The number of carboxylic acids is 1. The third-order valence-corrected chi connectivity index (χ3v) is 6.60. The number of aliphatic carboxylic acids is 1. The maximum Gasteiger partial charge on any atom is 0.303 e. The summed E-state index contributed by atoms with van der Waals surface area (Å²) in [5.41, 5.74) is 0.899. The number of ether oxygens (including phenoxy) is 1. The largest absolute Gasteiger partial charge is 0.493 e. The molecule has 6 heteroatoms. The second kappa shape index (κ2) is 13.8. The van der Waals surface area contributed by atoms with E-state index in [4.69, 9.17) is 21.4 Å². The molecule has 1 saturated carbocycles. The van der Waals surface area contributed by atoms with E-state index in [0.717, 1.165) is 49.8 Å². The van der Waals surface area contributed by atoms with E-state index in [2.05, 4.69) is 6.92 Å². The highest BCUT2D eigenvalue weighted by Gasteiger charge is 2.41. The van der Waals surface area contributed by atoms with Gasteiger partial charge in [0.15, 0.2) is 0 Å². The Morgan fingerprint density at radius 2 is 1.94 bits per heavy atom. The Balaban J connectivity index is 1.82. The number of hydrogen-bond donors (Lipinski definition) is 3. The first-order valence-electron chi connectivity index (χ1n) is 11.5. The number of aliphatic hydroxyl groups is 2. The number of aliphatic hydroxyl groups excluding tert-OH is 2. The first kappa shape index (κ1) is 25.7. The second-order valence-electron chi connectivity index (χ2n) is 8.53. The molecule has 174 valence electrons. The highest BCUT2D eigenvalue weighted by Crippen LogP contribution is 2.39. The number of halogens is 1. The molecule has 0 radical (unpaired) electrons. The number of carbonyl (C=O) groups is 1. The average molecular weight is 453 g/mol. The summed E-state index contributed by atoms with van der Waals surface area (Å²) in [5, 5.41) is 29.3. The van der Waals surface area contributed by atoms with Crippen molar-refractivity contribution < 1.29 is 24.9 Å². The van der Waals surface area contributed by atoms with Crippen molar-refractivity contribution in [2.24, 2.45) is 11.8 Å². The van der Waals surface area contributed by atoms with Gasteiger partial charge in [-0.15, -0.1) is 11.6 Å². The van der Waals surface area contributed by atoms with Crippen LogP contribution in [-0.2, 0) is 4.79 Å². The summed E-state index contributed by atoms with van der Waals surface area (Å²) in [5.74, 6) is 0.0135. The molecule has 1 aliphatic carbocycles. The Labute approximate surface area is 191 Å². The lowest BCUT2D eigenvalue weighted by molar-refractivity contribution is -0.137. The number of rotatable bonds is 14. The standard InChI is InChI=1S/C25H37ClO5/c1-2-3-6-10-23(27)18-12-14-19(15-13-18)31-17-21-20(22(26)16-24(21)28)9-7-4-5-8-11-25(29)30/h4,7,12-15,20-24,27-28H,2-3,5-6,8-11,16-17H2,1H3,(H,29,30)/b7-4-/t20-,21-,22-,23?,24-/m1/s1. The van der Waals surface area contributed by atoms with Crippen molar-refractivity contribution in [2.75, 3.05) is 6.61 Å². The van der Waals surface area contributed by atoms with Gasteiger partial charge in [-0.25, -0.2) is 0 Å². The maximum absolute atomic E-state index is 10.6. The zero-order chi connectivity index (χ0) is 22.6. The number of alkyl halides is 1. The van der Waals surface area contributed by atoms with Crippen LogP contribution in [0.2, 0.25) is 0 Å². The average Bonchev–Trinajstić information content (AvgIpc) is 3.01. The lowest BCUT2D eigenvalue weighted by Crippen LogP contribution is -2.27. The molecule has 0 heterocycles. The third kappa shape index (κ3) is 8.83. The molecule has 0 saturated heterocycles. The van der Waals surface area contributed by atoms with Gasteiger partial charge in [0.2, 0.25) is 0 Å². The Kier molecular flexibility index (Phi) is 11.4. The minimum absolute atomic E-state index is 0.0505. The van der Waals surface area contributed by atoms with Gasteiger partial charge in [-0.1, -0.05) is 50.5 Å². The SMILES string of the molecule is CCCCCC(O)c1ccc(OC[C@@H]2[C@@H](C/C=C\CCCC(=O)O)[C@H](Cl)C[C@H]2O)cc1. The van der Waals surface area contributed by atoms with E-state index in [0.29, 0.717) is 19.4 Å². The highest BCUT2D eigenvalue weighted by atomic mass is 35.5. The molecule has 5 nitrogen and oxygen atoms in total. The Morgan fingerprint density at radius 1 is 1.19 bits per heavy atom. The molecule has 1 aromatic carbocycles. The molecule has 0 spiro atoms. The van der Waals surface area contributed by atoms with Crippen LogP contribution in [-0.4, -0.2) is 39.4 Å². The summed E-state index contributed by atoms with van der Waals surface area (Å²) in [7, 11) is 0. The molecule has 2 rings (SSSR count). The first-order valence-corrected chi connectivity index (χ1v) is 12.0. The van der Waals surface area contributed by atoms with E-state index in [1.165, 1.54) is 0 Å². The normalized spacial score (nSPS) is 24.5. The van der Waals surface area contributed by atoms with Gasteiger partial charge in [0.1, 0.15) is 5.75 Å². The minimum Gasteiger partial charge on any atom is -0.493 e. The van der Waals surface area contributed by atoms with Crippen LogP contribution in [0.3, 0.4) is 0 Å². The van der Waals surface area contributed by atoms with Crippen LogP contribution in [0, 0.1) is 11.8 Å². The quantitative estimate of drug-likeness (QED) is 0.197. The molecular weight excluding hydrogens is 416 g/mol. The Bertz CT molecular complexity index is 675. The van der Waals surface area contributed by atoms with Gasteiger partial charge < -0.3 is 20.1 Å². The van der Waals surface area contributed by atoms with Crippen molar-refractivity contribution in [3.63, 3.8) is 0 Å². The number of allylic oxidation sites excluding steroid dienone is 2. The van der Waals surface area contributed by atoms with Crippen LogP contribution in [0.4, 0.5) is 0 Å². The van der Waals surface area contributed by atoms with Gasteiger partial charge in [-0.05, 0) is 55.7 Å². The fourth-order valence-corrected chi connectivity index (χ4v) is 4.64. The van der Waals surface area contributed by atoms with E-state index >= 15 is 0 Å². The lowest BCUT2D eigenvalue weighted by Gasteiger charge is -2.23. The topological polar surface area (TPSA) is 87.0 Å². The van der Waals surface area contributed by atoms with Crippen molar-refractivity contribution in [1.82, 2.24) is 0 Å². The fourth-order valence-electron chi connectivity index (χ4n) is 4.17. The summed E-state index contributed by atoms with van der Waals surface area (Å²) in [4.78, 5) is 10.6. The number of unbranched alkanes of at least 4 members (excludes halogenated alkanes) is 3. The molecule has 1 aromatic rings. The summed E-state index contributed by atoms with van der Waals surface area (Å²) in [6, 6.07) is 7.54. The minimum atomic E-state index is -0.774. The van der Waals surface area contributed by atoms with E-state index in [9.17, 15) is 15.0 Å². The number of benzene rings is 1. The summed E-state index contributed by atoms with van der Waals surface area (Å²) in [6.45, 7) is 2.54. The molecule has 0 bridgehead atoms.